The van der Waals surface area contributed by atoms with E-state index in [4.69, 9.17) is 5.73 Å². The number of nitrogens with zero attached hydrogens (tertiary/aromatic N) is 3. The zero-order valence-corrected chi connectivity index (χ0v) is 27.5. The molecule has 2 aliphatic heterocycles. The molecule has 15 nitrogen and oxygen atoms in total. The van der Waals surface area contributed by atoms with Crippen molar-refractivity contribution < 1.29 is 33.9 Å². The summed E-state index contributed by atoms with van der Waals surface area (Å²) >= 11 is 0. The average molecular weight is 647 g/mol. The van der Waals surface area contributed by atoms with Gasteiger partial charge in [0, 0.05) is 31.4 Å². The van der Waals surface area contributed by atoms with Crippen LogP contribution in [0.3, 0.4) is 0 Å². The van der Waals surface area contributed by atoms with E-state index in [0.717, 1.165) is 0 Å². The Morgan fingerprint density at radius 2 is 1.46 bits per heavy atom. The fraction of sp³-hybridized carbons (Fsp3) is 0.710. The van der Waals surface area contributed by atoms with Crippen molar-refractivity contribution >= 4 is 35.5 Å². The molecule has 0 aliphatic carbocycles. The van der Waals surface area contributed by atoms with Crippen molar-refractivity contribution in [1.29, 1.82) is 0 Å². The van der Waals surface area contributed by atoms with Crippen molar-refractivity contribution in [2.75, 3.05) is 13.1 Å². The van der Waals surface area contributed by atoms with Crippen molar-refractivity contribution in [3.63, 3.8) is 0 Å². The molecule has 3 rings (SSSR count). The molecule has 2 fully saturated rings. The number of nitrogens with two attached hydrogens (primary N) is 1. The van der Waals surface area contributed by atoms with Gasteiger partial charge in [-0.3, -0.25) is 24.0 Å². The van der Waals surface area contributed by atoms with Crippen LogP contribution in [0, 0.1) is 11.8 Å². The maximum atomic E-state index is 13.9. The molecule has 5 amide bonds. The van der Waals surface area contributed by atoms with E-state index in [1.54, 1.807) is 6.20 Å². The van der Waals surface area contributed by atoms with Crippen LogP contribution in [0.25, 0.3) is 0 Å². The quantitative estimate of drug-likeness (QED) is 0.150. The molecule has 46 heavy (non-hydrogen) atoms. The highest BCUT2D eigenvalue weighted by Gasteiger charge is 2.41. The maximum absolute atomic E-state index is 13.9. The largest absolute Gasteiger partial charge is 0.480 e. The number of carboxylic acids is 1. The Bertz CT molecular complexity index is 1240. The first-order chi connectivity index (χ1) is 21.7. The molecule has 2 saturated heterocycles. The zero-order chi connectivity index (χ0) is 34.1. The molecule has 7 N–H and O–H groups in total. The lowest BCUT2D eigenvalue weighted by Gasteiger charge is -2.31. The van der Waals surface area contributed by atoms with Gasteiger partial charge < -0.3 is 41.6 Å². The zero-order valence-electron chi connectivity index (χ0n) is 27.5. The van der Waals surface area contributed by atoms with E-state index in [2.05, 4.69) is 25.9 Å². The van der Waals surface area contributed by atoms with Gasteiger partial charge in [-0.05, 0) is 57.3 Å². The molecule has 0 saturated carbocycles. The van der Waals surface area contributed by atoms with Gasteiger partial charge in [-0.1, -0.05) is 27.7 Å². The van der Waals surface area contributed by atoms with Crippen LogP contribution in [0.1, 0.15) is 78.8 Å². The fourth-order valence-electron chi connectivity index (χ4n) is 6.09. The minimum atomic E-state index is -1.08. The number of carbonyl (C=O) groups is 6. The van der Waals surface area contributed by atoms with E-state index in [9.17, 15) is 33.9 Å². The number of aromatic amines is 1. The highest BCUT2D eigenvalue weighted by molar-refractivity contribution is 5.96. The number of amides is 5. The number of aromatic nitrogens is 2. The number of H-pyrrole nitrogens is 1. The number of hydrogen-bond donors (Lipinski definition) is 6. The molecule has 0 bridgehead atoms. The number of carbonyl (C=O) groups excluding carboxylic acids is 5. The second kappa shape index (κ2) is 16.5. The SMILES string of the molecule is CC(C)C[C@H](NC(=O)[C@H](Cc1cnc[nH]1)NC(=O)[C@@H](N)CC(C)C)C(=O)N1CCC[C@H]1C(=O)N[C@@H](C)C(=O)N1CCC[C@H]1C(=O)O. The molecule has 0 unspecified atom stereocenters. The molecule has 15 heteroatoms. The van der Waals surface area contributed by atoms with Crippen molar-refractivity contribution in [2.45, 2.75) is 116 Å². The number of nitrogens with one attached hydrogen (secondary N) is 4. The number of likely N-dealkylation sites (tertiary alicyclic amines) is 2. The lowest BCUT2D eigenvalue weighted by molar-refractivity contribution is -0.149. The summed E-state index contributed by atoms with van der Waals surface area (Å²) in [6.07, 6.45) is 5.65. The van der Waals surface area contributed by atoms with Crippen LogP contribution in [-0.4, -0.2) is 110 Å². The number of carboxylic acid groups (broad SMARTS) is 1. The van der Waals surface area contributed by atoms with Crippen LogP contribution >= 0.6 is 0 Å². The van der Waals surface area contributed by atoms with Gasteiger partial charge in [0.15, 0.2) is 0 Å². The van der Waals surface area contributed by atoms with Crippen LogP contribution in [0.4, 0.5) is 0 Å². The van der Waals surface area contributed by atoms with Crippen molar-refractivity contribution in [2.24, 2.45) is 17.6 Å². The smallest absolute Gasteiger partial charge is 0.326 e. The number of aliphatic carboxylic acids is 1. The van der Waals surface area contributed by atoms with Crippen molar-refractivity contribution in [3.05, 3.63) is 18.2 Å². The summed E-state index contributed by atoms with van der Waals surface area (Å²) in [6, 6.07) is -5.61. The molecule has 0 radical (unpaired) electrons. The molecule has 256 valence electrons. The predicted molar refractivity (Wildman–Crippen MR) is 168 cm³/mol. The Kier molecular flexibility index (Phi) is 13.1. The molecule has 0 spiro atoms. The molecule has 1 aromatic heterocycles. The van der Waals surface area contributed by atoms with Gasteiger partial charge >= 0.3 is 5.97 Å². The number of hydrogen-bond acceptors (Lipinski definition) is 8. The molecular formula is C31H50N8O7. The maximum Gasteiger partial charge on any atom is 0.326 e. The second-order valence-electron chi connectivity index (χ2n) is 13.2. The molecule has 3 heterocycles. The van der Waals surface area contributed by atoms with Crippen LogP contribution < -0.4 is 21.7 Å². The van der Waals surface area contributed by atoms with Gasteiger partial charge in [0.1, 0.15) is 30.2 Å². The van der Waals surface area contributed by atoms with Gasteiger partial charge in [-0.25, -0.2) is 9.78 Å². The second-order valence-corrected chi connectivity index (χ2v) is 13.2. The van der Waals surface area contributed by atoms with Crippen molar-refractivity contribution in [3.8, 4) is 0 Å². The van der Waals surface area contributed by atoms with Gasteiger partial charge in [0.25, 0.3) is 0 Å². The molecular weight excluding hydrogens is 596 g/mol. The standard InChI is InChI=1S/C31H50N8O7/c1-17(2)12-21(32)26(40)36-22(14-20-15-33-16-34-20)27(41)37-23(13-18(3)4)30(44)38-10-6-8-24(38)28(42)35-19(5)29(43)39-11-7-9-25(39)31(45)46/h15-19,21-25H,6-14,32H2,1-5H3,(H,33,34)(H,35,42)(H,36,40)(H,37,41)(H,45,46)/t19-,21-,22-,23-,24-,25-/m0/s1. The predicted octanol–water partition coefficient (Wildman–Crippen LogP) is -0.0874. The lowest BCUT2D eigenvalue weighted by Crippen LogP contribution is -2.59. The van der Waals surface area contributed by atoms with Crippen LogP contribution in [0.2, 0.25) is 0 Å². The Hall–Kier alpha value is -4.01. The summed E-state index contributed by atoms with van der Waals surface area (Å²) in [6.45, 7) is 9.79. The van der Waals surface area contributed by atoms with Gasteiger partial charge in [-0.2, -0.15) is 0 Å². The molecule has 0 aromatic carbocycles. The van der Waals surface area contributed by atoms with E-state index in [1.807, 2.05) is 27.7 Å². The average Bonchev–Trinajstić information content (AvgIpc) is 3.77. The minimum Gasteiger partial charge on any atom is -0.480 e. The van der Waals surface area contributed by atoms with Crippen molar-refractivity contribution in [1.82, 2.24) is 35.7 Å². The lowest BCUT2D eigenvalue weighted by atomic mass is 10.0. The summed E-state index contributed by atoms with van der Waals surface area (Å²) in [7, 11) is 0. The highest BCUT2D eigenvalue weighted by Crippen LogP contribution is 2.22. The fourth-order valence-corrected chi connectivity index (χ4v) is 6.09. The first-order valence-electron chi connectivity index (χ1n) is 16.2. The third kappa shape index (κ3) is 9.74. The number of imidazole rings is 1. The Labute approximate surface area is 269 Å². The van der Waals surface area contributed by atoms with Crippen LogP contribution in [0.5, 0.6) is 0 Å². The van der Waals surface area contributed by atoms with E-state index in [0.29, 0.717) is 44.3 Å². The highest BCUT2D eigenvalue weighted by atomic mass is 16.4. The molecule has 1 aromatic rings. The summed E-state index contributed by atoms with van der Waals surface area (Å²) in [4.78, 5) is 88.0. The third-order valence-corrected chi connectivity index (χ3v) is 8.38. The van der Waals surface area contributed by atoms with Gasteiger partial charge in [0.05, 0.1) is 12.4 Å². The topological polar surface area (TPSA) is 220 Å². The molecule has 6 atom stereocenters. The first-order valence-corrected chi connectivity index (χ1v) is 16.2. The van der Waals surface area contributed by atoms with E-state index in [1.165, 1.54) is 23.1 Å². The monoisotopic (exact) mass is 646 g/mol. The van der Waals surface area contributed by atoms with E-state index in [-0.39, 0.29) is 31.2 Å². The van der Waals surface area contributed by atoms with E-state index >= 15 is 0 Å². The summed E-state index contributed by atoms with van der Waals surface area (Å²) < 4.78 is 0. The van der Waals surface area contributed by atoms with Gasteiger partial charge in [0.2, 0.25) is 29.5 Å². The summed E-state index contributed by atoms with van der Waals surface area (Å²) in [5.74, 6) is -3.41. The van der Waals surface area contributed by atoms with E-state index < -0.39 is 71.8 Å². The summed E-state index contributed by atoms with van der Waals surface area (Å²) in [5.41, 5.74) is 6.68. The third-order valence-electron chi connectivity index (χ3n) is 8.38. The molecule has 2 aliphatic rings. The Balaban J connectivity index is 1.72. The Morgan fingerprint density at radius 3 is 2.02 bits per heavy atom. The van der Waals surface area contributed by atoms with Crippen LogP contribution in [0.15, 0.2) is 12.5 Å². The number of rotatable bonds is 15. The minimum absolute atomic E-state index is 0.00419. The normalized spacial score (nSPS) is 20.7. The summed E-state index contributed by atoms with van der Waals surface area (Å²) in [5, 5.41) is 17.7. The van der Waals surface area contributed by atoms with Crippen LogP contribution in [-0.2, 0) is 35.2 Å². The Morgan fingerprint density at radius 1 is 0.870 bits per heavy atom. The van der Waals surface area contributed by atoms with Gasteiger partial charge in [-0.15, -0.1) is 0 Å². The first kappa shape index (κ1) is 36.5.